The molecule has 1 amide bonds. The Hall–Kier alpha value is -2.10. The number of aromatic nitrogens is 2. The molecular weight excluding hydrogens is 274 g/mol. The first kappa shape index (κ1) is 14.8. The summed E-state index contributed by atoms with van der Waals surface area (Å²) in [6.45, 7) is 2.07. The summed E-state index contributed by atoms with van der Waals surface area (Å²) in [5.74, 6) is 0.890. The van der Waals surface area contributed by atoms with E-state index in [9.17, 15) is 4.79 Å². The van der Waals surface area contributed by atoms with E-state index in [1.807, 2.05) is 10.7 Å². The van der Waals surface area contributed by atoms with E-state index in [2.05, 4.69) is 41.6 Å². The van der Waals surface area contributed by atoms with Crippen LogP contribution >= 0.6 is 0 Å². The number of nitrogens with one attached hydrogen (secondary N) is 1. The molecule has 1 fully saturated rings. The monoisotopic (exact) mass is 297 g/mol. The molecule has 1 aliphatic rings. The van der Waals surface area contributed by atoms with Crippen molar-refractivity contribution in [2.24, 2.45) is 0 Å². The number of anilines is 1. The van der Waals surface area contributed by atoms with Gasteiger partial charge in [0.1, 0.15) is 5.82 Å². The Labute approximate surface area is 131 Å². The third-order valence-corrected chi connectivity index (χ3v) is 4.37. The predicted octanol–water partition coefficient (Wildman–Crippen LogP) is 3.88. The number of rotatable bonds is 5. The molecule has 116 valence electrons. The fourth-order valence-electron chi connectivity index (χ4n) is 3.07. The molecule has 0 atom stereocenters. The number of aryl methyl sites for hydroxylation is 2. The zero-order chi connectivity index (χ0) is 15.4. The fourth-order valence-corrected chi connectivity index (χ4v) is 3.07. The summed E-state index contributed by atoms with van der Waals surface area (Å²) in [6, 6.07) is 10.7. The molecule has 22 heavy (non-hydrogen) atoms. The summed E-state index contributed by atoms with van der Waals surface area (Å²) in [7, 11) is 0. The van der Waals surface area contributed by atoms with Gasteiger partial charge in [-0.05, 0) is 31.7 Å². The van der Waals surface area contributed by atoms with E-state index in [0.717, 1.165) is 25.1 Å². The molecule has 3 rings (SSSR count). The van der Waals surface area contributed by atoms with Crippen molar-refractivity contribution < 1.29 is 4.79 Å². The van der Waals surface area contributed by atoms with Gasteiger partial charge in [-0.1, -0.05) is 42.7 Å². The van der Waals surface area contributed by atoms with E-state index in [4.69, 9.17) is 0 Å². The largest absolute Gasteiger partial charge is 0.311 e. The number of hydrogen-bond donors (Lipinski definition) is 1. The minimum atomic E-state index is 0.0559. The molecule has 1 heterocycles. The maximum absolute atomic E-state index is 12.2. The first-order chi connectivity index (χ1) is 10.7. The van der Waals surface area contributed by atoms with Crippen LogP contribution in [0.1, 0.15) is 49.3 Å². The molecular formula is C18H23N3O. The average molecular weight is 297 g/mol. The molecule has 1 saturated carbocycles. The lowest BCUT2D eigenvalue weighted by Gasteiger charge is -2.14. The number of hydrogen-bond acceptors (Lipinski definition) is 2. The molecule has 0 saturated heterocycles. The summed E-state index contributed by atoms with van der Waals surface area (Å²) >= 11 is 0. The van der Waals surface area contributed by atoms with Gasteiger partial charge < -0.3 is 5.32 Å². The Kier molecular flexibility index (Phi) is 4.56. The van der Waals surface area contributed by atoms with Gasteiger partial charge in [0, 0.05) is 12.5 Å². The summed E-state index contributed by atoms with van der Waals surface area (Å²) in [4.78, 5) is 12.2. The molecule has 2 aromatic rings. The van der Waals surface area contributed by atoms with Crippen LogP contribution in [0.3, 0.4) is 0 Å². The van der Waals surface area contributed by atoms with Crippen LogP contribution in [0, 0.1) is 6.92 Å². The number of nitrogens with zero attached hydrogens (tertiary/aromatic N) is 2. The second kappa shape index (κ2) is 6.77. The molecule has 1 aromatic carbocycles. The standard InChI is InChI=1S/C18H23N3O/c1-14-6-8-15(9-7-14)10-11-18(22)20-17-12-13-19-21(17)16-4-2-3-5-16/h6-9,12-13,16H,2-5,10-11H2,1H3,(H,20,22). The Bertz CT molecular complexity index is 624. The molecule has 4 nitrogen and oxygen atoms in total. The van der Waals surface area contributed by atoms with E-state index < -0.39 is 0 Å². The first-order valence-corrected chi connectivity index (χ1v) is 8.11. The van der Waals surface area contributed by atoms with Gasteiger partial charge >= 0.3 is 0 Å². The Morgan fingerprint density at radius 3 is 2.68 bits per heavy atom. The van der Waals surface area contributed by atoms with Gasteiger partial charge in [0.15, 0.2) is 0 Å². The normalized spacial score (nSPS) is 15.1. The molecule has 0 unspecified atom stereocenters. The highest BCUT2D eigenvalue weighted by atomic mass is 16.1. The minimum absolute atomic E-state index is 0.0559. The van der Waals surface area contributed by atoms with E-state index in [1.54, 1.807) is 6.20 Å². The molecule has 1 N–H and O–H groups in total. The van der Waals surface area contributed by atoms with Gasteiger partial charge in [-0.15, -0.1) is 0 Å². The van der Waals surface area contributed by atoms with Crippen molar-refractivity contribution >= 4 is 11.7 Å². The molecule has 1 aliphatic carbocycles. The number of benzene rings is 1. The fraction of sp³-hybridized carbons (Fsp3) is 0.444. The lowest BCUT2D eigenvalue weighted by atomic mass is 10.1. The Morgan fingerprint density at radius 2 is 1.95 bits per heavy atom. The molecule has 0 bridgehead atoms. The molecule has 0 aliphatic heterocycles. The maximum Gasteiger partial charge on any atom is 0.225 e. The van der Waals surface area contributed by atoms with E-state index >= 15 is 0 Å². The van der Waals surface area contributed by atoms with Crippen molar-refractivity contribution in [2.45, 2.75) is 51.5 Å². The van der Waals surface area contributed by atoms with Crippen LogP contribution in [0.4, 0.5) is 5.82 Å². The van der Waals surface area contributed by atoms with Gasteiger partial charge in [0.25, 0.3) is 0 Å². The second-order valence-electron chi connectivity index (χ2n) is 6.13. The molecule has 0 spiro atoms. The Balaban J connectivity index is 1.55. The van der Waals surface area contributed by atoms with Crippen molar-refractivity contribution in [3.63, 3.8) is 0 Å². The number of amides is 1. The summed E-state index contributed by atoms with van der Waals surface area (Å²) in [6.07, 6.45) is 7.87. The molecule has 0 radical (unpaired) electrons. The summed E-state index contributed by atoms with van der Waals surface area (Å²) < 4.78 is 1.98. The van der Waals surface area contributed by atoms with Crippen LogP contribution in [-0.2, 0) is 11.2 Å². The van der Waals surface area contributed by atoms with Gasteiger partial charge in [0.2, 0.25) is 5.91 Å². The second-order valence-corrected chi connectivity index (χ2v) is 6.13. The van der Waals surface area contributed by atoms with Gasteiger partial charge in [-0.3, -0.25) is 4.79 Å². The van der Waals surface area contributed by atoms with E-state index in [0.29, 0.717) is 12.5 Å². The van der Waals surface area contributed by atoms with Crippen LogP contribution in [0.2, 0.25) is 0 Å². The lowest BCUT2D eigenvalue weighted by Crippen LogP contribution is -2.17. The van der Waals surface area contributed by atoms with Gasteiger partial charge in [-0.2, -0.15) is 5.10 Å². The minimum Gasteiger partial charge on any atom is -0.311 e. The lowest BCUT2D eigenvalue weighted by molar-refractivity contribution is -0.116. The van der Waals surface area contributed by atoms with Crippen molar-refractivity contribution in [3.05, 3.63) is 47.7 Å². The van der Waals surface area contributed by atoms with Crippen molar-refractivity contribution in [3.8, 4) is 0 Å². The predicted molar refractivity (Wildman–Crippen MR) is 87.9 cm³/mol. The van der Waals surface area contributed by atoms with Gasteiger partial charge in [-0.25, -0.2) is 4.68 Å². The smallest absolute Gasteiger partial charge is 0.225 e. The third-order valence-electron chi connectivity index (χ3n) is 4.37. The maximum atomic E-state index is 12.2. The topological polar surface area (TPSA) is 46.9 Å². The van der Waals surface area contributed by atoms with Crippen LogP contribution in [0.15, 0.2) is 36.5 Å². The van der Waals surface area contributed by atoms with Crippen LogP contribution in [0.25, 0.3) is 0 Å². The highest BCUT2D eigenvalue weighted by Gasteiger charge is 2.20. The third kappa shape index (κ3) is 3.56. The highest BCUT2D eigenvalue weighted by molar-refractivity contribution is 5.89. The van der Waals surface area contributed by atoms with E-state index in [1.165, 1.54) is 24.0 Å². The van der Waals surface area contributed by atoms with Crippen molar-refractivity contribution in [2.75, 3.05) is 5.32 Å². The van der Waals surface area contributed by atoms with Crippen molar-refractivity contribution in [1.29, 1.82) is 0 Å². The van der Waals surface area contributed by atoms with E-state index in [-0.39, 0.29) is 5.91 Å². The average Bonchev–Trinajstić information content (AvgIpc) is 3.17. The number of carbonyl (C=O) groups excluding carboxylic acids is 1. The zero-order valence-electron chi connectivity index (χ0n) is 13.1. The van der Waals surface area contributed by atoms with Crippen molar-refractivity contribution in [1.82, 2.24) is 9.78 Å². The summed E-state index contributed by atoms with van der Waals surface area (Å²) in [5, 5.41) is 7.39. The quantitative estimate of drug-likeness (QED) is 0.910. The van der Waals surface area contributed by atoms with Crippen LogP contribution in [-0.4, -0.2) is 15.7 Å². The van der Waals surface area contributed by atoms with Crippen LogP contribution < -0.4 is 5.32 Å². The SMILES string of the molecule is Cc1ccc(CCC(=O)Nc2ccnn2C2CCCC2)cc1. The van der Waals surface area contributed by atoms with Crippen LogP contribution in [0.5, 0.6) is 0 Å². The zero-order valence-corrected chi connectivity index (χ0v) is 13.1. The summed E-state index contributed by atoms with van der Waals surface area (Å²) in [5.41, 5.74) is 2.44. The Morgan fingerprint density at radius 1 is 1.23 bits per heavy atom. The first-order valence-electron chi connectivity index (χ1n) is 8.11. The molecule has 1 aromatic heterocycles. The highest BCUT2D eigenvalue weighted by Crippen LogP contribution is 2.31. The number of carbonyl (C=O) groups is 1. The van der Waals surface area contributed by atoms with Gasteiger partial charge in [0.05, 0.1) is 12.2 Å². The molecule has 4 heteroatoms.